The van der Waals surface area contributed by atoms with Gasteiger partial charge in [0.1, 0.15) is 0 Å². The van der Waals surface area contributed by atoms with E-state index in [1.165, 1.54) is 36.0 Å². The Bertz CT molecular complexity index is 1680. The van der Waals surface area contributed by atoms with Crippen LogP contribution in [0.4, 0.5) is 18.9 Å². The molecule has 2 amide bonds. The first kappa shape index (κ1) is 32.9. The molecule has 0 saturated carbocycles. The lowest BCUT2D eigenvalue weighted by Crippen LogP contribution is -2.21. The van der Waals surface area contributed by atoms with E-state index in [4.69, 9.17) is 23.2 Å². The number of carbonyl (C=O) groups excluding carboxylic acids is 2. The first-order valence-corrected chi connectivity index (χ1v) is 14.6. The van der Waals surface area contributed by atoms with Crippen molar-refractivity contribution in [2.24, 2.45) is 5.10 Å². The molecule has 0 aliphatic carbocycles. The fraction of sp³-hybridized carbons (Fsp3) is 0.214. The van der Waals surface area contributed by atoms with Gasteiger partial charge in [-0.05, 0) is 78.1 Å². The van der Waals surface area contributed by atoms with Gasteiger partial charge in [-0.15, -0.1) is 5.10 Å². The molecule has 0 saturated heterocycles. The molecule has 0 unspecified atom stereocenters. The Morgan fingerprint density at radius 2 is 1.86 bits per heavy atom. The number of rotatable bonds is 11. The highest BCUT2D eigenvalue weighted by Gasteiger charge is 2.33. The average Bonchev–Trinajstić information content (AvgIpc) is 3.43. The van der Waals surface area contributed by atoms with E-state index >= 15 is 0 Å². The number of aromatic nitrogens is 4. The van der Waals surface area contributed by atoms with E-state index in [0.29, 0.717) is 23.0 Å². The molecule has 0 radical (unpaired) electrons. The minimum atomic E-state index is -4.65. The summed E-state index contributed by atoms with van der Waals surface area (Å²) in [4.78, 5) is 28.1. The number of likely N-dealkylation sites (N-methyl/N-ethyl adjacent to an activating group) is 1. The van der Waals surface area contributed by atoms with Gasteiger partial charge >= 0.3 is 6.18 Å². The van der Waals surface area contributed by atoms with Crippen LogP contribution in [-0.2, 0) is 18.5 Å². The van der Waals surface area contributed by atoms with Crippen molar-refractivity contribution in [3.63, 3.8) is 0 Å². The number of alkyl halides is 3. The van der Waals surface area contributed by atoms with E-state index in [2.05, 4.69) is 31.4 Å². The molecule has 0 bridgehead atoms. The summed E-state index contributed by atoms with van der Waals surface area (Å²) in [6.07, 6.45) is -3.61. The lowest BCUT2D eigenvalue weighted by molar-refractivity contribution is -0.137. The van der Waals surface area contributed by atoms with Gasteiger partial charge in [-0.1, -0.05) is 53.2 Å². The number of carbonyl (C=O) groups is 2. The number of thioether (sulfide) groups is 1. The van der Waals surface area contributed by atoms with E-state index in [1.54, 1.807) is 22.9 Å². The second-order valence-corrected chi connectivity index (χ2v) is 11.3. The summed E-state index contributed by atoms with van der Waals surface area (Å²) in [6.45, 7) is 1.41. The Hall–Kier alpha value is -3.98. The first-order valence-electron chi connectivity index (χ1n) is 12.8. The van der Waals surface area contributed by atoms with E-state index < -0.39 is 28.6 Å². The largest absolute Gasteiger partial charge is 0.417 e. The molecule has 10 nitrogen and oxygen atoms in total. The molecule has 1 aromatic heterocycles. The predicted molar refractivity (Wildman–Crippen MR) is 163 cm³/mol. The Labute approximate surface area is 264 Å². The maximum atomic E-state index is 13.1. The van der Waals surface area contributed by atoms with Crippen LogP contribution in [0, 0.1) is 0 Å². The molecule has 0 aliphatic heterocycles. The number of halogens is 5. The molecular weight excluding hydrogens is 640 g/mol. The summed E-state index contributed by atoms with van der Waals surface area (Å²) in [5.41, 5.74) is 2.61. The van der Waals surface area contributed by atoms with Gasteiger partial charge in [0.2, 0.25) is 5.16 Å². The van der Waals surface area contributed by atoms with Crippen LogP contribution in [0.3, 0.4) is 0 Å². The number of nitrogens with one attached hydrogen (secondary N) is 2. The summed E-state index contributed by atoms with van der Waals surface area (Å²) in [6, 6.07) is 14.5. The van der Waals surface area contributed by atoms with Crippen molar-refractivity contribution in [2.75, 3.05) is 26.0 Å². The van der Waals surface area contributed by atoms with Gasteiger partial charge in [0.05, 0.1) is 34.6 Å². The Morgan fingerprint density at radius 1 is 1.07 bits per heavy atom. The zero-order chi connectivity index (χ0) is 31.9. The average molecular weight is 666 g/mol. The molecule has 0 aliphatic rings. The normalized spacial score (nSPS) is 11.7. The van der Waals surface area contributed by atoms with Gasteiger partial charge in [0, 0.05) is 22.9 Å². The summed E-state index contributed by atoms with van der Waals surface area (Å²) in [5, 5.41) is 18.7. The van der Waals surface area contributed by atoms with Crippen LogP contribution < -0.4 is 10.7 Å². The molecule has 1 heterocycles. The van der Waals surface area contributed by atoms with Gasteiger partial charge in [0.15, 0.2) is 0 Å². The number of anilines is 1. The minimum Gasteiger partial charge on any atom is -0.321 e. The van der Waals surface area contributed by atoms with Crippen LogP contribution in [0.2, 0.25) is 10.0 Å². The third-order valence-electron chi connectivity index (χ3n) is 5.97. The smallest absolute Gasteiger partial charge is 0.321 e. The van der Waals surface area contributed by atoms with Crippen molar-refractivity contribution in [3.8, 4) is 0 Å². The van der Waals surface area contributed by atoms with Gasteiger partial charge in [0.25, 0.3) is 11.8 Å². The third kappa shape index (κ3) is 9.02. The molecule has 4 aromatic rings. The highest BCUT2D eigenvalue weighted by molar-refractivity contribution is 7.98. The SMILES string of the molecule is CN(C)CCn1nnnc1SCc1cccc(C(=O)Nc2ccc(Cl)cc2C(=O)NN=Cc2ccc(Cl)c(C(F)(F)F)c2)c1. The molecular formula is C28H25Cl2F3N8O2S. The Kier molecular flexibility index (Phi) is 11.0. The van der Waals surface area contributed by atoms with Gasteiger partial charge in [-0.25, -0.2) is 10.1 Å². The Balaban J connectivity index is 1.42. The summed E-state index contributed by atoms with van der Waals surface area (Å²) >= 11 is 13.2. The van der Waals surface area contributed by atoms with Crippen molar-refractivity contribution >= 4 is 58.7 Å². The number of hydrogen-bond acceptors (Lipinski definition) is 8. The first-order chi connectivity index (χ1) is 20.9. The fourth-order valence-electron chi connectivity index (χ4n) is 3.76. The predicted octanol–water partition coefficient (Wildman–Crippen LogP) is 5.87. The van der Waals surface area contributed by atoms with E-state index in [1.807, 2.05) is 25.1 Å². The molecule has 230 valence electrons. The van der Waals surface area contributed by atoms with Crippen LogP contribution >= 0.6 is 35.0 Å². The van der Waals surface area contributed by atoms with E-state index in [9.17, 15) is 22.8 Å². The lowest BCUT2D eigenvalue weighted by atomic mass is 10.1. The van der Waals surface area contributed by atoms with Crippen molar-refractivity contribution in [1.29, 1.82) is 0 Å². The molecule has 2 N–H and O–H groups in total. The number of benzene rings is 3. The molecule has 0 fully saturated rings. The summed E-state index contributed by atoms with van der Waals surface area (Å²) in [7, 11) is 3.92. The summed E-state index contributed by atoms with van der Waals surface area (Å²) in [5.74, 6) is -0.719. The maximum absolute atomic E-state index is 13.1. The second kappa shape index (κ2) is 14.7. The van der Waals surface area contributed by atoms with Gasteiger partial charge in [-0.2, -0.15) is 18.3 Å². The standard InChI is InChI=1S/C28H25Cl2F3N8O2S/c1-40(2)10-11-41-27(37-38-39-41)44-16-18-4-3-5-19(12-18)25(42)35-24-9-7-20(29)14-21(24)26(43)36-34-15-17-6-8-23(30)22(13-17)28(31,32)33/h3-9,12-15H,10-11,16H2,1-2H3,(H,35,42)(H,36,43). The zero-order valence-corrected chi connectivity index (χ0v) is 25.6. The number of hydrazone groups is 1. The number of tetrazole rings is 1. The zero-order valence-electron chi connectivity index (χ0n) is 23.3. The van der Waals surface area contributed by atoms with Crippen LogP contribution in [0.15, 0.2) is 70.9 Å². The van der Waals surface area contributed by atoms with E-state index in [0.717, 1.165) is 30.5 Å². The molecule has 44 heavy (non-hydrogen) atoms. The van der Waals surface area contributed by atoms with Crippen molar-refractivity contribution in [2.45, 2.75) is 23.6 Å². The van der Waals surface area contributed by atoms with Gasteiger partial charge in [-0.3, -0.25) is 9.59 Å². The van der Waals surface area contributed by atoms with Crippen molar-refractivity contribution in [1.82, 2.24) is 30.5 Å². The number of nitrogens with zero attached hydrogens (tertiary/aromatic N) is 6. The molecule has 3 aromatic carbocycles. The third-order valence-corrected chi connectivity index (χ3v) is 7.56. The quantitative estimate of drug-likeness (QED) is 0.117. The highest BCUT2D eigenvalue weighted by Crippen LogP contribution is 2.35. The minimum absolute atomic E-state index is 0.00800. The number of amides is 2. The molecule has 4 rings (SSSR count). The summed E-state index contributed by atoms with van der Waals surface area (Å²) < 4.78 is 41.1. The topological polar surface area (TPSA) is 117 Å². The second-order valence-electron chi connectivity index (χ2n) is 9.56. The van der Waals surface area contributed by atoms with Crippen molar-refractivity contribution < 1.29 is 22.8 Å². The van der Waals surface area contributed by atoms with Crippen LogP contribution in [0.5, 0.6) is 0 Å². The number of hydrogen-bond donors (Lipinski definition) is 2. The molecule has 0 atom stereocenters. The van der Waals surface area contributed by atoms with Crippen LogP contribution in [0.1, 0.15) is 37.4 Å². The van der Waals surface area contributed by atoms with Crippen LogP contribution in [0.25, 0.3) is 0 Å². The maximum Gasteiger partial charge on any atom is 0.417 e. The Morgan fingerprint density at radius 3 is 2.61 bits per heavy atom. The van der Waals surface area contributed by atoms with Crippen LogP contribution in [-0.4, -0.2) is 63.8 Å². The monoisotopic (exact) mass is 664 g/mol. The van der Waals surface area contributed by atoms with E-state index in [-0.39, 0.29) is 21.8 Å². The molecule has 16 heteroatoms. The highest BCUT2D eigenvalue weighted by atomic mass is 35.5. The van der Waals surface area contributed by atoms with Gasteiger partial charge < -0.3 is 10.2 Å². The molecule has 0 spiro atoms. The fourth-order valence-corrected chi connectivity index (χ4v) is 5.00. The van der Waals surface area contributed by atoms with Crippen molar-refractivity contribution in [3.05, 3.63) is 98.5 Å². The lowest BCUT2D eigenvalue weighted by Gasteiger charge is -2.12.